The van der Waals surface area contributed by atoms with Gasteiger partial charge in [-0.25, -0.2) is 0 Å². The van der Waals surface area contributed by atoms with Crippen molar-refractivity contribution in [1.82, 2.24) is 14.8 Å². The van der Waals surface area contributed by atoms with Gasteiger partial charge >= 0.3 is 0 Å². The summed E-state index contributed by atoms with van der Waals surface area (Å²) in [5.41, 5.74) is 2.77. The molecule has 124 valence electrons. The molecule has 0 bridgehead atoms. The van der Waals surface area contributed by atoms with E-state index in [-0.39, 0.29) is 11.9 Å². The van der Waals surface area contributed by atoms with Crippen LogP contribution in [-0.2, 0) is 6.54 Å². The van der Waals surface area contributed by atoms with Crippen LogP contribution in [0.3, 0.4) is 0 Å². The summed E-state index contributed by atoms with van der Waals surface area (Å²) in [6.45, 7) is 2.87. The first-order valence-electron chi connectivity index (χ1n) is 7.66. The van der Waals surface area contributed by atoms with E-state index in [9.17, 15) is 4.79 Å². The Labute approximate surface area is 137 Å². The second kappa shape index (κ2) is 7.33. The summed E-state index contributed by atoms with van der Waals surface area (Å²) in [7, 11) is 7.25. The van der Waals surface area contributed by atoms with E-state index in [2.05, 4.69) is 29.9 Å². The van der Waals surface area contributed by atoms with Crippen molar-refractivity contribution in [1.29, 1.82) is 0 Å². The molecule has 0 aliphatic rings. The number of hydrogen-bond acceptors (Lipinski definition) is 3. The van der Waals surface area contributed by atoms with Crippen LogP contribution in [0.25, 0.3) is 0 Å². The molecule has 1 aromatic heterocycles. The number of hydrogen-bond donors (Lipinski definition) is 1. The van der Waals surface area contributed by atoms with E-state index in [4.69, 9.17) is 4.74 Å². The number of aromatic nitrogens is 1. The monoisotopic (exact) mass is 315 g/mol. The van der Waals surface area contributed by atoms with Gasteiger partial charge in [0.05, 0.1) is 7.11 Å². The lowest BCUT2D eigenvalue weighted by molar-refractivity contribution is 0.0822. The van der Waals surface area contributed by atoms with Crippen LogP contribution in [0.5, 0.6) is 5.75 Å². The Hall–Kier alpha value is -2.27. The smallest absolute Gasteiger partial charge is 0.269 e. The van der Waals surface area contributed by atoms with Gasteiger partial charge in [0, 0.05) is 37.9 Å². The Morgan fingerprint density at radius 3 is 2.52 bits per heavy atom. The van der Waals surface area contributed by atoms with E-state index >= 15 is 0 Å². The number of amides is 1. The van der Waals surface area contributed by atoms with Crippen molar-refractivity contribution in [2.75, 3.05) is 28.3 Å². The third-order valence-corrected chi connectivity index (χ3v) is 4.05. The zero-order chi connectivity index (χ0) is 17.0. The molecule has 5 nitrogen and oxygen atoms in total. The van der Waals surface area contributed by atoms with Crippen molar-refractivity contribution in [3.63, 3.8) is 0 Å². The largest absolute Gasteiger partial charge is 0.496 e. The molecule has 0 radical (unpaired) electrons. The molecule has 1 atom stereocenters. The predicted molar refractivity (Wildman–Crippen MR) is 91.7 cm³/mol. The minimum absolute atomic E-state index is 0.0170. The molecule has 0 spiro atoms. The zero-order valence-electron chi connectivity index (χ0n) is 14.5. The SMILES string of the molecule is COc1ccccc1C(C)N(C)Cc1ccc(C(=O)N(C)C)[nH]1. The molecular formula is C18H25N3O2. The van der Waals surface area contributed by atoms with E-state index in [1.165, 1.54) is 0 Å². The molecule has 23 heavy (non-hydrogen) atoms. The Morgan fingerprint density at radius 2 is 1.87 bits per heavy atom. The summed E-state index contributed by atoms with van der Waals surface area (Å²) < 4.78 is 5.44. The molecule has 1 unspecified atom stereocenters. The van der Waals surface area contributed by atoms with Crippen LogP contribution >= 0.6 is 0 Å². The fourth-order valence-electron chi connectivity index (χ4n) is 2.55. The van der Waals surface area contributed by atoms with Gasteiger partial charge in [-0.05, 0) is 32.2 Å². The first-order valence-corrected chi connectivity index (χ1v) is 7.66. The maximum Gasteiger partial charge on any atom is 0.269 e. The van der Waals surface area contributed by atoms with Crippen LogP contribution in [0.4, 0.5) is 0 Å². The van der Waals surface area contributed by atoms with Crippen molar-refractivity contribution in [2.24, 2.45) is 0 Å². The molecule has 0 fully saturated rings. The number of para-hydroxylation sites is 1. The van der Waals surface area contributed by atoms with Gasteiger partial charge < -0.3 is 14.6 Å². The van der Waals surface area contributed by atoms with Crippen LogP contribution < -0.4 is 4.74 Å². The van der Waals surface area contributed by atoms with Gasteiger partial charge in [-0.2, -0.15) is 0 Å². The second-order valence-corrected chi connectivity index (χ2v) is 5.93. The molecule has 1 amide bonds. The highest BCUT2D eigenvalue weighted by Gasteiger charge is 2.17. The van der Waals surface area contributed by atoms with E-state index in [0.717, 1.165) is 23.6 Å². The number of methoxy groups -OCH3 is 1. The number of carbonyl (C=O) groups excluding carboxylic acids is 1. The highest BCUT2D eigenvalue weighted by Crippen LogP contribution is 2.28. The summed E-state index contributed by atoms with van der Waals surface area (Å²) in [5.74, 6) is 0.874. The van der Waals surface area contributed by atoms with E-state index in [1.807, 2.05) is 30.3 Å². The average Bonchev–Trinajstić information content (AvgIpc) is 3.01. The Balaban J connectivity index is 2.09. The summed E-state index contributed by atoms with van der Waals surface area (Å²) in [4.78, 5) is 18.9. The summed E-state index contributed by atoms with van der Waals surface area (Å²) in [5, 5.41) is 0. The first-order chi connectivity index (χ1) is 10.9. The minimum Gasteiger partial charge on any atom is -0.496 e. The van der Waals surface area contributed by atoms with Crippen LogP contribution in [0.2, 0.25) is 0 Å². The molecule has 1 heterocycles. The third-order valence-electron chi connectivity index (χ3n) is 4.05. The van der Waals surface area contributed by atoms with E-state index in [0.29, 0.717) is 5.69 Å². The highest BCUT2D eigenvalue weighted by atomic mass is 16.5. The van der Waals surface area contributed by atoms with Gasteiger partial charge in [0.15, 0.2) is 0 Å². The fourth-order valence-corrected chi connectivity index (χ4v) is 2.55. The maximum absolute atomic E-state index is 11.9. The van der Waals surface area contributed by atoms with Crippen molar-refractivity contribution in [2.45, 2.75) is 19.5 Å². The standard InChI is InChI=1S/C18H25N3O2/c1-13(15-8-6-7-9-17(15)23-5)21(4)12-14-10-11-16(19-14)18(22)20(2)3/h6-11,13,19H,12H2,1-5H3. The third kappa shape index (κ3) is 3.93. The number of rotatable bonds is 6. The van der Waals surface area contributed by atoms with Crippen molar-refractivity contribution < 1.29 is 9.53 Å². The Kier molecular flexibility index (Phi) is 5.45. The van der Waals surface area contributed by atoms with Gasteiger partial charge in [0.1, 0.15) is 11.4 Å². The van der Waals surface area contributed by atoms with Gasteiger partial charge in [-0.3, -0.25) is 9.69 Å². The first kappa shape index (κ1) is 17.1. The molecular weight excluding hydrogens is 290 g/mol. The summed E-state index contributed by atoms with van der Waals surface area (Å²) >= 11 is 0. The topological polar surface area (TPSA) is 48.6 Å². The molecule has 0 saturated carbocycles. The molecule has 0 saturated heterocycles. The number of aromatic amines is 1. The maximum atomic E-state index is 11.9. The van der Waals surface area contributed by atoms with Gasteiger partial charge in [0.25, 0.3) is 5.91 Å². The van der Waals surface area contributed by atoms with Gasteiger partial charge in [0.2, 0.25) is 0 Å². The number of benzene rings is 1. The quantitative estimate of drug-likeness (QED) is 0.891. The Bertz CT molecular complexity index is 664. The molecule has 0 aliphatic carbocycles. The lowest BCUT2D eigenvalue weighted by Gasteiger charge is -2.26. The van der Waals surface area contributed by atoms with Gasteiger partial charge in [-0.15, -0.1) is 0 Å². The van der Waals surface area contributed by atoms with E-state index in [1.54, 1.807) is 26.1 Å². The molecule has 1 N–H and O–H groups in total. The van der Waals surface area contributed by atoms with Crippen LogP contribution in [0.1, 0.15) is 34.7 Å². The number of ether oxygens (including phenoxy) is 1. The molecule has 2 rings (SSSR count). The predicted octanol–water partition coefficient (Wildman–Crippen LogP) is 2.92. The van der Waals surface area contributed by atoms with Crippen molar-refractivity contribution >= 4 is 5.91 Å². The van der Waals surface area contributed by atoms with Crippen molar-refractivity contribution in [3.05, 3.63) is 53.3 Å². The van der Waals surface area contributed by atoms with Crippen LogP contribution in [0, 0.1) is 0 Å². The van der Waals surface area contributed by atoms with Crippen LogP contribution in [-0.4, -0.2) is 48.9 Å². The highest BCUT2D eigenvalue weighted by molar-refractivity contribution is 5.92. The minimum atomic E-state index is -0.0170. The number of nitrogens with zero attached hydrogens (tertiary/aromatic N) is 2. The zero-order valence-corrected chi connectivity index (χ0v) is 14.5. The fraction of sp³-hybridized carbons (Fsp3) is 0.389. The lowest BCUT2D eigenvalue weighted by atomic mass is 10.1. The second-order valence-electron chi connectivity index (χ2n) is 5.93. The molecule has 5 heteroatoms. The normalized spacial score (nSPS) is 12.3. The number of H-pyrrole nitrogens is 1. The molecule has 2 aromatic rings. The molecule has 0 aliphatic heterocycles. The van der Waals surface area contributed by atoms with Crippen molar-refractivity contribution in [3.8, 4) is 5.75 Å². The summed E-state index contributed by atoms with van der Waals surface area (Å²) in [6, 6.07) is 12.0. The molecule has 1 aromatic carbocycles. The van der Waals surface area contributed by atoms with Gasteiger partial charge in [-0.1, -0.05) is 18.2 Å². The van der Waals surface area contributed by atoms with E-state index < -0.39 is 0 Å². The number of nitrogens with one attached hydrogen (secondary N) is 1. The lowest BCUT2D eigenvalue weighted by Crippen LogP contribution is -2.23. The Morgan fingerprint density at radius 1 is 1.17 bits per heavy atom. The summed E-state index contributed by atoms with van der Waals surface area (Å²) in [6.07, 6.45) is 0. The number of carbonyl (C=O) groups is 1. The average molecular weight is 315 g/mol. The van der Waals surface area contributed by atoms with Crippen LogP contribution in [0.15, 0.2) is 36.4 Å².